The van der Waals surface area contributed by atoms with Crippen molar-refractivity contribution in [3.63, 3.8) is 0 Å². The molecule has 1 spiro atoms. The first-order chi connectivity index (χ1) is 22.4. The zero-order valence-electron chi connectivity index (χ0n) is 25.8. The second kappa shape index (κ2) is 11.3. The first kappa shape index (κ1) is 28.8. The molecule has 5 aromatic heterocycles. The monoisotopic (exact) mass is 634 g/mol. The standard InChI is InChI=1S/C33H34N10O2S/c1-19(24-9-6-14-42(24)2)44-27-15-26(43-18-23(39-41-43)20-7-5-13-36-17-20)37-32(38-27)29-21-8-3-11-33(30(21)45-40-29)12-4-10-25-28(33)22(16-34)31(35)46-25/h5,7,13,15,17-19,24H,3-4,6,8-12,14,35H2,1-2H3/t19-,24-,33-/m0/s1. The second-order valence-electron chi connectivity index (χ2n) is 12.6. The molecule has 0 bridgehead atoms. The molecule has 12 nitrogen and oxygen atoms in total. The molecule has 1 aliphatic heterocycles. The van der Waals surface area contributed by atoms with Gasteiger partial charge in [0.15, 0.2) is 23.1 Å². The van der Waals surface area contributed by atoms with Crippen LogP contribution in [0.2, 0.25) is 0 Å². The Kier molecular flexibility index (Phi) is 7.06. The van der Waals surface area contributed by atoms with Crippen LogP contribution >= 0.6 is 11.3 Å². The van der Waals surface area contributed by atoms with Crippen LogP contribution in [0.1, 0.15) is 72.8 Å². The van der Waals surface area contributed by atoms with E-state index in [9.17, 15) is 5.26 Å². The Morgan fingerprint density at radius 1 is 1.22 bits per heavy atom. The lowest BCUT2D eigenvalue weighted by Crippen LogP contribution is -2.38. The van der Waals surface area contributed by atoms with E-state index in [0.29, 0.717) is 39.5 Å². The van der Waals surface area contributed by atoms with E-state index in [-0.39, 0.29) is 12.1 Å². The van der Waals surface area contributed by atoms with E-state index in [1.54, 1.807) is 23.1 Å². The van der Waals surface area contributed by atoms with E-state index in [4.69, 9.17) is 25.0 Å². The highest BCUT2D eigenvalue weighted by molar-refractivity contribution is 7.16. The molecule has 234 valence electrons. The fourth-order valence-corrected chi connectivity index (χ4v) is 8.89. The number of hydrogen-bond acceptors (Lipinski definition) is 12. The second-order valence-corrected chi connectivity index (χ2v) is 13.7. The zero-order chi connectivity index (χ0) is 31.4. The Morgan fingerprint density at radius 3 is 2.87 bits per heavy atom. The minimum atomic E-state index is -0.436. The summed E-state index contributed by atoms with van der Waals surface area (Å²) in [5, 5.41) is 24.1. The van der Waals surface area contributed by atoms with Crippen molar-refractivity contribution < 1.29 is 9.26 Å². The van der Waals surface area contributed by atoms with Gasteiger partial charge in [0.2, 0.25) is 5.88 Å². The quantitative estimate of drug-likeness (QED) is 0.265. The smallest absolute Gasteiger partial charge is 0.219 e. The fraction of sp³-hybridized carbons (Fsp3) is 0.424. The van der Waals surface area contributed by atoms with Crippen molar-refractivity contribution in [2.24, 2.45) is 0 Å². The number of aryl methyl sites for hydroxylation is 1. The van der Waals surface area contributed by atoms with Crippen LogP contribution in [0.3, 0.4) is 0 Å². The maximum absolute atomic E-state index is 10.1. The van der Waals surface area contributed by atoms with Gasteiger partial charge in [-0.25, -0.2) is 9.67 Å². The molecule has 5 aromatic rings. The molecule has 46 heavy (non-hydrogen) atoms. The predicted molar refractivity (Wildman–Crippen MR) is 172 cm³/mol. The number of anilines is 1. The van der Waals surface area contributed by atoms with Crippen molar-refractivity contribution in [1.82, 2.24) is 40.0 Å². The number of pyridine rings is 1. The van der Waals surface area contributed by atoms with E-state index in [2.05, 4.69) is 45.4 Å². The summed E-state index contributed by atoms with van der Waals surface area (Å²) in [5.74, 6) is 2.16. The number of nitrogens with two attached hydrogens (primary N) is 1. The van der Waals surface area contributed by atoms with Gasteiger partial charge in [-0.05, 0) is 89.6 Å². The normalized spacial score (nSPS) is 21.5. The minimum absolute atomic E-state index is 0.0894. The number of likely N-dealkylation sites (tertiary alicyclic amines) is 1. The summed E-state index contributed by atoms with van der Waals surface area (Å²) >= 11 is 1.53. The summed E-state index contributed by atoms with van der Waals surface area (Å²) in [6.07, 6.45) is 12.8. The van der Waals surface area contributed by atoms with E-state index in [1.165, 1.54) is 16.2 Å². The van der Waals surface area contributed by atoms with E-state index >= 15 is 0 Å². The molecule has 8 rings (SSSR count). The molecule has 3 aliphatic rings. The molecule has 0 saturated carbocycles. The van der Waals surface area contributed by atoms with Gasteiger partial charge < -0.3 is 15.0 Å². The summed E-state index contributed by atoms with van der Waals surface area (Å²) in [6.45, 7) is 3.14. The first-order valence-electron chi connectivity index (χ1n) is 15.9. The van der Waals surface area contributed by atoms with Gasteiger partial charge in [0.05, 0.1) is 17.2 Å². The summed E-state index contributed by atoms with van der Waals surface area (Å²) in [6, 6.07) is 8.29. The van der Waals surface area contributed by atoms with Gasteiger partial charge in [0.1, 0.15) is 22.9 Å². The number of hydrogen-bond donors (Lipinski definition) is 1. The maximum Gasteiger partial charge on any atom is 0.219 e. The lowest BCUT2D eigenvalue weighted by molar-refractivity contribution is 0.117. The van der Waals surface area contributed by atoms with Crippen molar-refractivity contribution in [3.05, 3.63) is 64.1 Å². The molecule has 2 N–H and O–H groups in total. The lowest BCUT2D eigenvalue weighted by atomic mass is 9.63. The third-order valence-corrected chi connectivity index (χ3v) is 10.9. The lowest BCUT2D eigenvalue weighted by Gasteiger charge is -2.39. The van der Waals surface area contributed by atoms with E-state index in [1.807, 2.05) is 18.3 Å². The fourth-order valence-electron chi connectivity index (χ4n) is 7.73. The van der Waals surface area contributed by atoms with Gasteiger partial charge in [-0.2, -0.15) is 10.2 Å². The van der Waals surface area contributed by atoms with Crippen molar-refractivity contribution in [2.75, 3.05) is 19.3 Å². The zero-order valence-corrected chi connectivity index (χ0v) is 26.6. The van der Waals surface area contributed by atoms with E-state index < -0.39 is 5.41 Å². The number of nitrogen functional groups attached to an aromatic ring is 1. The average Bonchev–Trinajstić information content (AvgIpc) is 3.87. The van der Waals surface area contributed by atoms with Crippen LogP contribution in [0.15, 0.2) is 41.3 Å². The Labute approximate surface area is 270 Å². The van der Waals surface area contributed by atoms with Gasteiger partial charge in [-0.1, -0.05) is 10.4 Å². The molecule has 0 unspecified atom stereocenters. The number of fused-ring (bicyclic) bond motifs is 4. The third-order valence-electron chi connectivity index (χ3n) is 9.87. The van der Waals surface area contributed by atoms with Crippen molar-refractivity contribution in [2.45, 2.75) is 75.9 Å². The van der Waals surface area contributed by atoms with E-state index in [0.717, 1.165) is 80.4 Å². The van der Waals surface area contributed by atoms with Crippen LogP contribution in [0.25, 0.3) is 28.6 Å². The van der Waals surface area contributed by atoms with Crippen molar-refractivity contribution in [3.8, 4) is 40.5 Å². The van der Waals surface area contributed by atoms with Crippen LogP contribution < -0.4 is 10.5 Å². The van der Waals surface area contributed by atoms with Crippen LogP contribution in [-0.4, -0.2) is 65.7 Å². The Bertz CT molecular complexity index is 1960. The number of rotatable bonds is 6. The summed E-state index contributed by atoms with van der Waals surface area (Å²) < 4.78 is 14.4. The van der Waals surface area contributed by atoms with Crippen LogP contribution in [0, 0.1) is 11.3 Å². The highest BCUT2D eigenvalue weighted by Gasteiger charge is 2.49. The minimum Gasteiger partial charge on any atom is -0.473 e. The molecule has 0 radical (unpaired) electrons. The number of aromatic nitrogens is 7. The Hall–Kier alpha value is -4.67. The highest BCUT2D eigenvalue weighted by Crippen LogP contribution is 2.55. The third kappa shape index (κ3) is 4.66. The number of thiophene rings is 1. The molecule has 1 saturated heterocycles. The molecule has 1 fully saturated rings. The molecule has 13 heteroatoms. The largest absolute Gasteiger partial charge is 0.473 e. The van der Waals surface area contributed by atoms with Gasteiger partial charge in [-0.3, -0.25) is 9.88 Å². The first-order valence-corrected chi connectivity index (χ1v) is 16.7. The Balaban J connectivity index is 1.23. The number of nitriles is 1. The summed E-state index contributed by atoms with van der Waals surface area (Å²) in [5.41, 5.74) is 10.6. The topological polar surface area (TPSA) is 158 Å². The number of nitrogens with zero attached hydrogens (tertiary/aromatic N) is 9. The number of likely N-dealkylation sites (N-methyl/N-ethyl adjacent to an activating group) is 1. The van der Waals surface area contributed by atoms with Gasteiger partial charge in [-0.15, -0.1) is 16.4 Å². The Morgan fingerprint density at radius 2 is 2.09 bits per heavy atom. The van der Waals surface area contributed by atoms with Gasteiger partial charge in [0, 0.05) is 40.5 Å². The van der Waals surface area contributed by atoms with Gasteiger partial charge in [0.25, 0.3) is 0 Å². The molecule has 6 heterocycles. The maximum atomic E-state index is 10.1. The molecule has 3 atom stereocenters. The summed E-state index contributed by atoms with van der Waals surface area (Å²) in [7, 11) is 2.14. The SMILES string of the molecule is C[C@H](Oc1cc(-n2cc(-c3cccnc3)nn2)nc(-c2noc3c2CCC[C@@]32CCCc3sc(N)c(C#N)c32)n1)[C@@H]1CCCN1C. The average molecular weight is 635 g/mol. The van der Waals surface area contributed by atoms with Crippen LogP contribution in [0.5, 0.6) is 5.88 Å². The highest BCUT2D eigenvalue weighted by atomic mass is 32.1. The van der Waals surface area contributed by atoms with Crippen LogP contribution in [0.4, 0.5) is 5.00 Å². The molecule has 0 aromatic carbocycles. The molecule has 0 amide bonds. The molecular formula is C33H34N10O2S. The molecule has 2 aliphatic carbocycles. The van der Waals surface area contributed by atoms with Crippen molar-refractivity contribution in [1.29, 1.82) is 5.26 Å². The number of ether oxygens (including phenoxy) is 1. The predicted octanol–water partition coefficient (Wildman–Crippen LogP) is 5.11. The molecular weight excluding hydrogens is 600 g/mol. The van der Waals surface area contributed by atoms with Crippen molar-refractivity contribution >= 4 is 16.3 Å². The van der Waals surface area contributed by atoms with Gasteiger partial charge >= 0.3 is 0 Å². The summed E-state index contributed by atoms with van der Waals surface area (Å²) in [4.78, 5) is 17.6. The van der Waals surface area contributed by atoms with Crippen LogP contribution in [-0.2, 0) is 18.3 Å².